The van der Waals surface area contributed by atoms with E-state index in [0.717, 1.165) is 28.2 Å². The molecule has 2 nitrogen and oxygen atoms in total. The third kappa shape index (κ3) is 2.74. The molecule has 3 rings (SSSR count). The van der Waals surface area contributed by atoms with Gasteiger partial charge < -0.3 is 0 Å². The Bertz CT molecular complexity index is 680. The molecule has 100 valence electrons. The molecular formula is C16H13ClN2S. The molecule has 0 fully saturated rings. The minimum atomic E-state index is 0.609. The van der Waals surface area contributed by atoms with Crippen molar-refractivity contribution in [2.24, 2.45) is 0 Å². The first-order valence-electron chi connectivity index (χ1n) is 6.40. The van der Waals surface area contributed by atoms with Crippen molar-refractivity contribution in [3.05, 3.63) is 59.7 Å². The third-order valence-corrected chi connectivity index (χ3v) is 4.35. The van der Waals surface area contributed by atoms with Crippen LogP contribution in [0, 0.1) is 0 Å². The topological polar surface area (TPSA) is 25.8 Å². The lowest BCUT2D eigenvalue weighted by Crippen LogP contribution is -1.86. The maximum absolute atomic E-state index is 5.92. The van der Waals surface area contributed by atoms with Gasteiger partial charge in [0.15, 0.2) is 0 Å². The van der Waals surface area contributed by atoms with Crippen LogP contribution in [0.4, 0.5) is 0 Å². The van der Waals surface area contributed by atoms with Crippen LogP contribution in [0.2, 0.25) is 0 Å². The van der Waals surface area contributed by atoms with Crippen LogP contribution >= 0.6 is 22.9 Å². The van der Waals surface area contributed by atoms with E-state index in [1.807, 2.05) is 30.3 Å². The van der Waals surface area contributed by atoms with Crippen LogP contribution < -0.4 is 0 Å². The number of aryl methyl sites for hydroxylation is 1. The number of alkyl halides is 1. The van der Waals surface area contributed by atoms with Gasteiger partial charge >= 0.3 is 0 Å². The highest BCUT2D eigenvalue weighted by Gasteiger charge is 2.13. The highest BCUT2D eigenvalue weighted by Crippen LogP contribution is 2.34. The lowest BCUT2D eigenvalue weighted by Gasteiger charge is -1.99. The van der Waals surface area contributed by atoms with Crippen molar-refractivity contribution < 1.29 is 0 Å². The summed E-state index contributed by atoms with van der Waals surface area (Å²) in [4.78, 5) is 10.1. The number of benzene rings is 1. The van der Waals surface area contributed by atoms with Crippen molar-refractivity contribution >= 4 is 22.9 Å². The maximum atomic E-state index is 5.92. The summed E-state index contributed by atoms with van der Waals surface area (Å²) >= 11 is 7.63. The first-order valence-corrected chi connectivity index (χ1v) is 7.75. The molecule has 4 heteroatoms. The number of rotatable bonds is 4. The smallest absolute Gasteiger partial charge is 0.124 e. The van der Waals surface area contributed by atoms with E-state index in [1.165, 1.54) is 4.88 Å². The quantitative estimate of drug-likeness (QED) is 0.655. The van der Waals surface area contributed by atoms with Gasteiger partial charge in [0.2, 0.25) is 0 Å². The predicted molar refractivity (Wildman–Crippen MR) is 85.2 cm³/mol. The number of hydrogen-bond donors (Lipinski definition) is 0. The molecule has 0 unspecified atom stereocenters. The molecule has 0 amide bonds. The normalized spacial score (nSPS) is 10.7. The second-order valence-corrected chi connectivity index (χ2v) is 5.79. The third-order valence-electron chi connectivity index (χ3n) is 2.99. The monoisotopic (exact) mass is 300 g/mol. The molecule has 2 heterocycles. The van der Waals surface area contributed by atoms with Crippen LogP contribution in [0.3, 0.4) is 0 Å². The fourth-order valence-electron chi connectivity index (χ4n) is 2.05. The Morgan fingerprint density at radius 3 is 2.40 bits per heavy atom. The molecule has 0 aliphatic heterocycles. The number of pyridine rings is 1. The van der Waals surface area contributed by atoms with Gasteiger partial charge in [-0.25, -0.2) is 4.98 Å². The molecular weight excluding hydrogens is 288 g/mol. The number of aromatic nitrogens is 2. The van der Waals surface area contributed by atoms with E-state index < -0.39 is 0 Å². The van der Waals surface area contributed by atoms with Gasteiger partial charge in [-0.05, 0) is 18.6 Å². The second kappa shape index (κ2) is 6.16. The van der Waals surface area contributed by atoms with Gasteiger partial charge in [0.25, 0.3) is 0 Å². The zero-order chi connectivity index (χ0) is 13.8. The highest BCUT2D eigenvalue weighted by atomic mass is 35.5. The molecule has 1 aromatic carbocycles. The summed E-state index contributed by atoms with van der Waals surface area (Å²) in [5.41, 5.74) is 3.29. The van der Waals surface area contributed by atoms with E-state index in [1.54, 1.807) is 23.7 Å². The molecule has 0 atom stereocenters. The molecule has 2 aromatic heterocycles. The van der Waals surface area contributed by atoms with E-state index in [4.69, 9.17) is 16.6 Å². The lowest BCUT2D eigenvalue weighted by atomic mass is 10.1. The average molecular weight is 301 g/mol. The first-order chi connectivity index (χ1) is 9.88. The predicted octanol–water partition coefficient (Wildman–Crippen LogP) is 4.65. The molecule has 0 radical (unpaired) electrons. The van der Waals surface area contributed by atoms with Crippen molar-refractivity contribution in [1.82, 2.24) is 9.97 Å². The van der Waals surface area contributed by atoms with Crippen LogP contribution in [0.15, 0.2) is 54.9 Å². The number of hydrogen-bond acceptors (Lipinski definition) is 3. The van der Waals surface area contributed by atoms with E-state index in [9.17, 15) is 0 Å². The molecule has 0 N–H and O–H groups in total. The fourth-order valence-corrected chi connectivity index (χ4v) is 3.44. The van der Waals surface area contributed by atoms with E-state index in [0.29, 0.717) is 5.88 Å². The summed E-state index contributed by atoms with van der Waals surface area (Å²) in [6.45, 7) is 0. The zero-order valence-electron chi connectivity index (χ0n) is 10.8. The van der Waals surface area contributed by atoms with Crippen LogP contribution in [0.25, 0.3) is 21.8 Å². The Labute approximate surface area is 127 Å². The molecule has 0 saturated carbocycles. The number of nitrogens with zero attached hydrogens (tertiary/aromatic N) is 2. The first kappa shape index (κ1) is 13.3. The number of thiazole rings is 1. The summed E-state index contributed by atoms with van der Waals surface area (Å²) in [6.07, 6.45) is 4.43. The Kier molecular flexibility index (Phi) is 4.09. The minimum absolute atomic E-state index is 0.609. The summed E-state index contributed by atoms with van der Waals surface area (Å²) in [7, 11) is 0. The van der Waals surface area contributed by atoms with Crippen molar-refractivity contribution in [3.8, 4) is 21.8 Å². The second-order valence-electron chi connectivity index (χ2n) is 4.33. The van der Waals surface area contributed by atoms with Gasteiger partial charge in [0, 0.05) is 34.3 Å². The SMILES string of the molecule is ClCCc1sc(-c2ccncc2)nc1-c1ccccc1. The Morgan fingerprint density at radius 1 is 0.950 bits per heavy atom. The van der Waals surface area contributed by atoms with E-state index >= 15 is 0 Å². The van der Waals surface area contributed by atoms with Gasteiger partial charge in [-0.15, -0.1) is 22.9 Å². The van der Waals surface area contributed by atoms with Crippen molar-refractivity contribution in [2.45, 2.75) is 6.42 Å². The maximum Gasteiger partial charge on any atom is 0.124 e. The van der Waals surface area contributed by atoms with E-state index in [2.05, 4.69) is 17.1 Å². The van der Waals surface area contributed by atoms with E-state index in [-0.39, 0.29) is 0 Å². The minimum Gasteiger partial charge on any atom is -0.265 e. The fraction of sp³-hybridized carbons (Fsp3) is 0.125. The largest absolute Gasteiger partial charge is 0.265 e. The molecule has 20 heavy (non-hydrogen) atoms. The lowest BCUT2D eigenvalue weighted by molar-refractivity contribution is 1.18. The zero-order valence-corrected chi connectivity index (χ0v) is 12.4. The molecule has 0 aliphatic carbocycles. The van der Waals surface area contributed by atoms with Gasteiger partial charge in [-0.1, -0.05) is 30.3 Å². The van der Waals surface area contributed by atoms with Crippen molar-refractivity contribution in [1.29, 1.82) is 0 Å². The van der Waals surface area contributed by atoms with Crippen LogP contribution in [0.1, 0.15) is 4.88 Å². The Balaban J connectivity index is 2.08. The van der Waals surface area contributed by atoms with Crippen LogP contribution in [0.5, 0.6) is 0 Å². The molecule has 0 bridgehead atoms. The molecule has 3 aromatic rings. The molecule has 0 saturated heterocycles. The van der Waals surface area contributed by atoms with Gasteiger partial charge in [0.1, 0.15) is 5.01 Å². The van der Waals surface area contributed by atoms with Gasteiger partial charge in [0.05, 0.1) is 5.69 Å². The molecule has 0 aliphatic rings. The van der Waals surface area contributed by atoms with Gasteiger partial charge in [-0.3, -0.25) is 4.98 Å². The summed E-state index contributed by atoms with van der Waals surface area (Å²) in [6, 6.07) is 14.2. The Hall–Kier alpha value is -1.71. The summed E-state index contributed by atoms with van der Waals surface area (Å²) in [5, 5.41) is 1.02. The average Bonchev–Trinajstić information content (AvgIpc) is 2.94. The Morgan fingerprint density at radius 2 is 1.70 bits per heavy atom. The number of halogens is 1. The summed E-state index contributed by atoms with van der Waals surface area (Å²) < 4.78 is 0. The standard InChI is InChI=1S/C16H13ClN2S/c17-9-6-14-15(12-4-2-1-3-5-12)19-16(20-14)13-7-10-18-11-8-13/h1-5,7-8,10-11H,6,9H2. The molecule has 0 spiro atoms. The van der Waals surface area contributed by atoms with Gasteiger partial charge in [-0.2, -0.15) is 0 Å². The van der Waals surface area contributed by atoms with Crippen molar-refractivity contribution in [2.75, 3.05) is 5.88 Å². The van der Waals surface area contributed by atoms with Crippen LogP contribution in [-0.2, 0) is 6.42 Å². The summed E-state index contributed by atoms with van der Waals surface area (Å²) in [5.74, 6) is 0.609. The van der Waals surface area contributed by atoms with Crippen molar-refractivity contribution in [3.63, 3.8) is 0 Å². The highest BCUT2D eigenvalue weighted by molar-refractivity contribution is 7.15. The van der Waals surface area contributed by atoms with Crippen LogP contribution in [-0.4, -0.2) is 15.8 Å².